The number of aromatic amines is 1. The van der Waals surface area contributed by atoms with Crippen molar-refractivity contribution in [2.75, 3.05) is 32.1 Å². The minimum absolute atomic E-state index is 0.227. The van der Waals surface area contributed by atoms with Crippen molar-refractivity contribution in [2.24, 2.45) is 0 Å². The number of hydrogen-bond acceptors (Lipinski definition) is 4. The molecule has 0 spiro atoms. The molecule has 0 saturated carbocycles. The molecule has 0 radical (unpaired) electrons. The zero-order valence-corrected chi connectivity index (χ0v) is 16.4. The van der Waals surface area contributed by atoms with Gasteiger partial charge in [-0.3, -0.25) is 0 Å². The Bertz CT molecular complexity index is 1030. The van der Waals surface area contributed by atoms with Gasteiger partial charge in [-0.1, -0.05) is 18.2 Å². The van der Waals surface area contributed by atoms with Crippen LogP contribution in [0.25, 0.3) is 10.9 Å². The Balaban J connectivity index is 1.46. The molecule has 2 aromatic heterocycles. The summed E-state index contributed by atoms with van der Waals surface area (Å²) >= 11 is 0. The van der Waals surface area contributed by atoms with Gasteiger partial charge in [-0.15, -0.1) is 0 Å². The summed E-state index contributed by atoms with van der Waals surface area (Å²) in [5.74, 6) is 1.37. The molecule has 1 aliphatic heterocycles. The molecule has 3 heterocycles. The van der Waals surface area contributed by atoms with E-state index in [0.717, 1.165) is 31.7 Å². The molecule has 0 amide bonds. The minimum atomic E-state index is -3.43. The highest BCUT2D eigenvalue weighted by Gasteiger charge is 2.24. The van der Waals surface area contributed by atoms with Crippen molar-refractivity contribution < 1.29 is 8.42 Å². The average Bonchev–Trinajstić information content (AvgIpc) is 3.12. The normalized spacial score (nSPS) is 16.3. The van der Waals surface area contributed by atoms with E-state index < -0.39 is 10.0 Å². The van der Waals surface area contributed by atoms with Crippen LogP contribution in [0.5, 0.6) is 0 Å². The average molecular weight is 385 g/mol. The molecule has 1 aromatic carbocycles. The van der Waals surface area contributed by atoms with Gasteiger partial charge < -0.3 is 9.88 Å². The van der Waals surface area contributed by atoms with E-state index in [4.69, 9.17) is 0 Å². The number of pyridine rings is 1. The zero-order valence-electron chi connectivity index (χ0n) is 15.6. The van der Waals surface area contributed by atoms with Crippen LogP contribution >= 0.6 is 0 Å². The Hall–Kier alpha value is -2.38. The second-order valence-electron chi connectivity index (χ2n) is 7.19. The lowest BCUT2D eigenvalue weighted by atomic mass is 9.89. The molecule has 0 unspecified atom stereocenters. The summed E-state index contributed by atoms with van der Waals surface area (Å²) in [5, 5.41) is 1.31. The lowest BCUT2D eigenvalue weighted by molar-refractivity contribution is 0.504. The van der Waals surface area contributed by atoms with Crippen LogP contribution in [0.15, 0.2) is 53.7 Å². The molecule has 1 N–H and O–H groups in total. The molecule has 0 bridgehead atoms. The second kappa shape index (κ2) is 6.98. The fourth-order valence-electron chi connectivity index (χ4n) is 3.77. The molecule has 1 aliphatic rings. The van der Waals surface area contributed by atoms with Gasteiger partial charge in [0.15, 0.2) is 0 Å². The van der Waals surface area contributed by atoms with E-state index in [1.807, 2.05) is 6.07 Å². The van der Waals surface area contributed by atoms with E-state index in [1.54, 1.807) is 6.07 Å². The van der Waals surface area contributed by atoms with Crippen molar-refractivity contribution in [3.63, 3.8) is 0 Å². The van der Waals surface area contributed by atoms with Crippen LogP contribution in [-0.2, 0) is 10.0 Å². The van der Waals surface area contributed by atoms with E-state index in [-0.39, 0.29) is 4.90 Å². The van der Waals surface area contributed by atoms with Crippen LogP contribution < -0.4 is 4.90 Å². The maximum atomic E-state index is 12.2. The van der Waals surface area contributed by atoms with E-state index in [9.17, 15) is 8.42 Å². The van der Waals surface area contributed by atoms with Gasteiger partial charge in [0.05, 0.1) is 0 Å². The van der Waals surface area contributed by atoms with Gasteiger partial charge in [-0.25, -0.2) is 17.7 Å². The number of H-pyrrole nitrogens is 1. The van der Waals surface area contributed by atoms with Crippen LogP contribution in [0.1, 0.15) is 24.3 Å². The maximum absolute atomic E-state index is 12.2. The van der Waals surface area contributed by atoms with Crippen LogP contribution in [0.3, 0.4) is 0 Å². The van der Waals surface area contributed by atoms with Crippen molar-refractivity contribution in [2.45, 2.75) is 23.7 Å². The largest absolute Gasteiger partial charge is 0.361 e. The van der Waals surface area contributed by atoms with Gasteiger partial charge in [0.1, 0.15) is 10.7 Å². The molecule has 0 atom stereocenters. The predicted molar refractivity (Wildman–Crippen MR) is 108 cm³/mol. The first-order valence-corrected chi connectivity index (χ1v) is 10.6. The van der Waals surface area contributed by atoms with Crippen LogP contribution in [0.2, 0.25) is 0 Å². The number of sulfonamides is 1. The van der Waals surface area contributed by atoms with E-state index in [2.05, 4.69) is 45.3 Å². The first kappa shape index (κ1) is 18.0. The molecule has 27 heavy (non-hydrogen) atoms. The van der Waals surface area contributed by atoms with E-state index >= 15 is 0 Å². The Morgan fingerprint density at radius 3 is 2.52 bits per heavy atom. The Morgan fingerprint density at radius 2 is 1.85 bits per heavy atom. The molecule has 1 saturated heterocycles. The number of fused-ring (bicyclic) bond motifs is 1. The third kappa shape index (κ3) is 3.33. The fraction of sp³-hybridized carbons (Fsp3) is 0.350. The number of aromatic nitrogens is 2. The maximum Gasteiger partial charge on any atom is 0.244 e. The Labute approximate surface area is 159 Å². The standard InChI is InChI=1S/C20H24N4O2S/c1-23(2)27(25,26)16-7-8-20(22-13-16)24-11-9-15(10-12-24)18-14-21-19-6-4-3-5-17(18)19/h3-8,13-15,21H,9-12H2,1-2H3. The first-order valence-electron chi connectivity index (χ1n) is 9.16. The monoisotopic (exact) mass is 384 g/mol. The lowest BCUT2D eigenvalue weighted by Crippen LogP contribution is -2.33. The number of piperidine rings is 1. The topological polar surface area (TPSA) is 69.3 Å². The van der Waals surface area contributed by atoms with Gasteiger partial charge in [0.25, 0.3) is 0 Å². The molecule has 142 valence electrons. The molecule has 6 nitrogen and oxygen atoms in total. The highest BCUT2D eigenvalue weighted by atomic mass is 32.2. The molecule has 0 aliphatic carbocycles. The number of nitrogens with zero attached hydrogens (tertiary/aromatic N) is 3. The molecule has 7 heteroatoms. The molecule has 3 aromatic rings. The van der Waals surface area contributed by atoms with E-state index in [0.29, 0.717) is 5.92 Å². The Kier molecular flexibility index (Phi) is 4.65. The first-order chi connectivity index (χ1) is 13.0. The smallest absolute Gasteiger partial charge is 0.244 e. The molecule has 1 fully saturated rings. The highest BCUT2D eigenvalue weighted by molar-refractivity contribution is 7.89. The van der Waals surface area contributed by atoms with Crippen LogP contribution in [-0.4, -0.2) is 49.9 Å². The van der Waals surface area contributed by atoms with Gasteiger partial charge in [-0.2, -0.15) is 0 Å². The molecular formula is C20H24N4O2S. The summed E-state index contributed by atoms with van der Waals surface area (Å²) < 4.78 is 25.5. The Morgan fingerprint density at radius 1 is 1.11 bits per heavy atom. The summed E-state index contributed by atoms with van der Waals surface area (Å²) in [6.07, 6.45) is 5.71. The predicted octanol–water partition coefficient (Wildman–Crippen LogP) is 3.20. The number of rotatable bonds is 4. The minimum Gasteiger partial charge on any atom is -0.361 e. The summed E-state index contributed by atoms with van der Waals surface area (Å²) in [5.41, 5.74) is 2.58. The van der Waals surface area contributed by atoms with Gasteiger partial charge in [0.2, 0.25) is 10.0 Å². The van der Waals surface area contributed by atoms with Gasteiger partial charge in [0, 0.05) is 50.5 Å². The number of nitrogens with one attached hydrogen (secondary N) is 1. The van der Waals surface area contributed by atoms with Crippen molar-refractivity contribution >= 4 is 26.7 Å². The van der Waals surface area contributed by atoms with Gasteiger partial charge >= 0.3 is 0 Å². The SMILES string of the molecule is CN(C)S(=O)(=O)c1ccc(N2CCC(c3c[nH]c4ccccc34)CC2)nc1. The summed E-state index contributed by atoms with van der Waals surface area (Å²) in [4.78, 5) is 10.2. The second-order valence-corrected chi connectivity index (χ2v) is 9.34. The van der Waals surface area contributed by atoms with Crippen molar-refractivity contribution in [3.05, 3.63) is 54.4 Å². The fourth-order valence-corrected chi connectivity index (χ4v) is 4.62. The summed E-state index contributed by atoms with van der Waals surface area (Å²) in [6.45, 7) is 1.83. The van der Waals surface area contributed by atoms with Crippen molar-refractivity contribution in [3.8, 4) is 0 Å². The number of anilines is 1. The quantitative estimate of drug-likeness (QED) is 0.750. The zero-order chi connectivity index (χ0) is 19.0. The van der Waals surface area contributed by atoms with E-state index in [1.165, 1.54) is 41.1 Å². The number of hydrogen-bond donors (Lipinski definition) is 1. The summed E-state index contributed by atoms with van der Waals surface area (Å²) in [6, 6.07) is 11.9. The molecule has 4 rings (SSSR count). The third-order valence-corrected chi connectivity index (χ3v) is 7.18. The lowest BCUT2D eigenvalue weighted by Gasteiger charge is -2.32. The van der Waals surface area contributed by atoms with Crippen molar-refractivity contribution in [1.82, 2.24) is 14.3 Å². The number of benzene rings is 1. The van der Waals surface area contributed by atoms with Gasteiger partial charge in [-0.05, 0) is 42.5 Å². The van der Waals surface area contributed by atoms with Crippen molar-refractivity contribution in [1.29, 1.82) is 0 Å². The third-order valence-electron chi connectivity index (χ3n) is 5.38. The van der Waals surface area contributed by atoms with Crippen LogP contribution in [0, 0.1) is 0 Å². The molecular weight excluding hydrogens is 360 g/mol. The number of para-hydroxylation sites is 1. The summed E-state index contributed by atoms with van der Waals surface area (Å²) in [7, 11) is -0.382. The highest BCUT2D eigenvalue weighted by Crippen LogP contribution is 2.34. The van der Waals surface area contributed by atoms with Crippen LogP contribution in [0.4, 0.5) is 5.82 Å².